The van der Waals surface area contributed by atoms with Gasteiger partial charge in [0.2, 0.25) is 0 Å². The lowest BCUT2D eigenvalue weighted by Crippen LogP contribution is -2.21. The lowest BCUT2D eigenvalue weighted by molar-refractivity contribution is -0.115. The maximum absolute atomic E-state index is 12.0. The zero-order valence-electron chi connectivity index (χ0n) is 11.5. The van der Waals surface area contributed by atoms with E-state index in [0.29, 0.717) is 13.0 Å². The van der Waals surface area contributed by atoms with Crippen molar-refractivity contribution < 1.29 is 4.79 Å². The van der Waals surface area contributed by atoms with Crippen LogP contribution in [0.25, 0.3) is 0 Å². The Hall–Kier alpha value is -1.58. The maximum atomic E-state index is 12.0. The summed E-state index contributed by atoms with van der Waals surface area (Å²) in [5.41, 5.74) is 2.06. The highest BCUT2D eigenvalue weighted by Gasteiger charge is 2.09. The Morgan fingerprint density at radius 1 is 1.20 bits per heavy atom. The quantitative estimate of drug-likeness (QED) is 0.617. The van der Waals surface area contributed by atoms with E-state index in [-0.39, 0.29) is 5.78 Å². The molecule has 104 valence electrons. The molecule has 0 radical (unpaired) electrons. The third-order valence-electron chi connectivity index (χ3n) is 3.22. The molecule has 2 rings (SSSR count). The first-order valence-electron chi connectivity index (χ1n) is 6.94. The van der Waals surface area contributed by atoms with E-state index in [1.165, 1.54) is 5.56 Å². The highest BCUT2D eigenvalue weighted by Crippen LogP contribution is 2.10. The zero-order valence-corrected chi connectivity index (χ0v) is 12.3. The van der Waals surface area contributed by atoms with Crippen molar-refractivity contribution in [1.29, 1.82) is 0 Å². The van der Waals surface area contributed by atoms with E-state index < -0.39 is 0 Å². The number of hydrogen-bond acceptors (Lipinski definition) is 3. The van der Waals surface area contributed by atoms with Crippen molar-refractivity contribution in [2.75, 3.05) is 13.1 Å². The summed E-state index contributed by atoms with van der Waals surface area (Å²) in [4.78, 5) is 12.8. The van der Waals surface area contributed by atoms with E-state index in [1.807, 2.05) is 36.4 Å². The van der Waals surface area contributed by atoms with Gasteiger partial charge in [0, 0.05) is 29.8 Å². The first-order valence-corrected chi connectivity index (χ1v) is 7.35. The Kier molecular flexibility index (Phi) is 5.84. The molecule has 0 amide bonds. The third-order valence-corrected chi connectivity index (χ3v) is 3.50. The van der Waals surface area contributed by atoms with Gasteiger partial charge in [-0.15, -0.1) is 0 Å². The largest absolute Gasteiger partial charge is 0.316 e. The molecule has 1 aromatic rings. The second kappa shape index (κ2) is 7.88. The van der Waals surface area contributed by atoms with Crippen molar-refractivity contribution in [3.63, 3.8) is 0 Å². The standard InChI is InChI=1S/C17H19NOS/c19-17(15-7-4-8-16(20)13-15)10-12-18-11-9-14-5-2-1-3-6-14/h1-7,13,18H,8-12H2. The molecule has 1 aromatic carbocycles. The number of carbonyl (C=O) groups excluding carboxylic acids is 1. The fraction of sp³-hybridized carbons (Fsp3) is 0.294. The molecule has 0 aliphatic heterocycles. The Morgan fingerprint density at radius 3 is 2.75 bits per heavy atom. The summed E-state index contributed by atoms with van der Waals surface area (Å²) in [6, 6.07) is 10.3. The van der Waals surface area contributed by atoms with Crippen molar-refractivity contribution >= 4 is 22.9 Å². The molecular formula is C17H19NOS. The fourth-order valence-corrected chi connectivity index (χ4v) is 2.33. The van der Waals surface area contributed by atoms with E-state index in [0.717, 1.165) is 29.8 Å². The number of allylic oxidation sites excluding steroid dienone is 4. The van der Waals surface area contributed by atoms with Crippen molar-refractivity contribution in [2.24, 2.45) is 0 Å². The van der Waals surface area contributed by atoms with Crippen molar-refractivity contribution in [2.45, 2.75) is 19.3 Å². The molecule has 3 heteroatoms. The van der Waals surface area contributed by atoms with Crippen LogP contribution in [0.1, 0.15) is 18.4 Å². The number of Topliss-reactive ketones (excluding diaryl/α,β-unsaturated/α-hetero) is 1. The van der Waals surface area contributed by atoms with Gasteiger partial charge in [-0.05, 0) is 24.6 Å². The van der Waals surface area contributed by atoms with Crippen LogP contribution in [0, 0.1) is 0 Å². The number of carbonyl (C=O) groups is 1. The van der Waals surface area contributed by atoms with Crippen molar-refractivity contribution in [3.05, 3.63) is 59.7 Å². The average Bonchev–Trinajstić information content (AvgIpc) is 2.48. The second-order valence-corrected chi connectivity index (χ2v) is 5.36. The first kappa shape index (κ1) is 14.8. The number of nitrogens with one attached hydrogen (secondary N) is 1. The first-order chi connectivity index (χ1) is 9.75. The van der Waals surface area contributed by atoms with E-state index in [1.54, 1.807) is 0 Å². The number of rotatable bonds is 7. The maximum Gasteiger partial charge on any atom is 0.164 e. The SMILES string of the molecule is O=C(CCNCCc1ccccc1)C1=CC(=S)CC=C1. The molecule has 1 aliphatic rings. The predicted molar refractivity (Wildman–Crippen MR) is 87.1 cm³/mol. The lowest BCUT2D eigenvalue weighted by atomic mass is 10.0. The summed E-state index contributed by atoms with van der Waals surface area (Å²) in [5, 5.41) is 3.31. The molecule has 0 saturated heterocycles. The topological polar surface area (TPSA) is 29.1 Å². The van der Waals surface area contributed by atoms with Gasteiger partial charge in [-0.2, -0.15) is 0 Å². The lowest BCUT2D eigenvalue weighted by Gasteiger charge is -2.08. The summed E-state index contributed by atoms with van der Waals surface area (Å²) in [6.45, 7) is 1.61. The Morgan fingerprint density at radius 2 is 2.00 bits per heavy atom. The molecule has 0 heterocycles. The highest BCUT2D eigenvalue weighted by atomic mass is 32.1. The Balaban J connectivity index is 1.65. The molecule has 0 spiro atoms. The van der Waals surface area contributed by atoms with Crippen LogP contribution in [0.3, 0.4) is 0 Å². The molecule has 0 atom stereocenters. The minimum atomic E-state index is 0.163. The fourth-order valence-electron chi connectivity index (χ4n) is 2.10. The smallest absolute Gasteiger partial charge is 0.164 e. The van der Waals surface area contributed by atoms with Crippen LogP contribution in [0.2, 0.25) is 0 Å². The van der Waals surface area contributed by atoms with Crippen molar-refractivity contribution in [1.82, 2.24) is 5.32 Å². The molecule has 1 aliphatic carbocycles. The summed E-state index contributed by atoms with van der Waals surface area (Å²) in [6.07, 6.45) is 7.94. The summed E-state index contributed by atoms with van der Waals surface area (Å²) >= 11 is 5.11. The molecule has 0 bridgehead atoms. The molecule has 0 unspecified atom stereocenters. The van der Waals surface area contributed by atoms with Crippen LogP contribution in [0.4, 0.5) is 0 Å². The van der Waals surface area contributed by atoms with Crippen LogP contribution in [-0.4, -0.2) is 23.7 Å². The average molecular weight is 285 g/mol. The van der Waals surface area contributed by atoms with E-state index in [4.69, 9.17) is 12.2 Å². The van der Waals surface area contributed by atoms with Gasteiger partial charge in [-0.25, -0.2) is 0 Å². The molecule has 1 N–H and O–H groups in total. The Bertz CT molecular complexity index is 531. The van der Waals surface area contributed by atoms with Gasteiger partial charge in [0.25, 0.3) is 0 Å². The zero-order chi connectivity index (χ0) is 14.2. The van der Waals surface area contributed by atoms with Gasteiger partial charge in [0.1, 0.15) is 0 Å². The number of ketones is 1. The van der Waals surface area contributed by atoms with Gasteiger partial charge in [0.05, 0.1) is 0 Å². The highest BCUT2D eigenvalue weighted by molar-refractivity contribution is 7.80. The van der Waals surface area contributed by atoms with Gasteiger partial charge in [-0.3, -0.25) is 4.79 Å². The molecule has 0 fully saturated rings. The molecule has 0 aromatic heterocycles. The van der Waals surface area contributed by atoms with Crippen LogP contribution in [0.15, 0.2) is 54.1 Å². The number of benzene rings is 1. The van der Waals surface area contributed by atoms with Crippen molar-refractivity contribution in [3.8, 4) is 0 Å². The number of hydrogen-bond donors (Lipinski definition) is 1. The van der Waals surface area contributed by atoms with Gasteiger partial charge >= 0.3 is 0 Å². The second-order valence-electron chi connectivity index (χ2n) is 4.83. The van der Waals surface area contributed by atoms with E-state index in [2.05, 4.69) is 17.4 Å². The summed E-state index contributed by atoms with van der Waals surface area (Å²) in [7, 11) is 0. The summed E-state index contributed by atoms with van der Waals surface area (Å²) in [5.74, 6) is 0.163. The van der Waals surface area contributed by atoms with E-state index >= 15 is 0 Å². The van der Waals surface area contributed by atoms with Gasteiger partial charge in [0.15, 0.2) is 5.78 Å². The van der Waals surface area contributed by atoms with Crippen LogP contribution >= 0.6 is 12.2 Å². The molecule has 2 nitrogen and oxygen atoms in total. The number of thiocarbonyl (C=S) groups is 1. The van der Waals surface area contributed by atoms with Crippen LogP contribution in [0.5, 0.6) is 0 Å². The minimum absolute atomic E-state index is 0.163. The van der Waals surface area contributed by atoms with Crippen LogP contribution < -0.4 is 5.32 Å². The van der Waals surface area contributed by atoms with Crippen LogP contribution in [-0.2, 0) is 11.2 Å². The summed E-state index contributed by atoms with van der Waals surface area (Å²) < 4.78 is 0. The molecular weight excluding hydrogens is 266 g/mol. The van der Waals surface area contributed by atoms with Gasteiger partial charge < -0.3 is 5.32 Å². The van der Waals surface area contributed by atoms with Gasteiger partial charge in [-0.1, -0.05) is 54.7 Å². The van der Waals surface area contributed by atoms with E-state index in [9.17, 15) is 4.79 Å². The third kappa shape index (κ3) is 4.83. The molecule has 20 heavy (non-hydrogen) atoms. The monoisotopic (exact) mass is 285 g/mol. The predicted octanol–water partition coefficient (Wildman–Crippen LogP) is 3.03. The normalized spacial score (nSPS) is 14.2. The Labute approximate surface area is 125 Å². The minimum Gasteiger partial charge on any atom is -0.316 e. The molecule has 0 saturated carbocycles.